The topological polar surface area (TPSA) is 46.4 Å². The first-order valence-corrected chi connectivity index (χ1v) is 5.92. The van der Waals surface area contributed by atoms with Gasteiger partial charge in [-0.1, -0.05) is 0 Å². The predicted octanol–water partition coefficient (Wildman–Crippen LogP) is 2.30. The van der Waals surface area contributed by atoms with Crippen molar-refractivity contribution in [2.24, 2.45) is 5.92 Å². The highest BCUT2D eigenvalue weighted by atomic mass is 16.2. The van der Waals surface area contributed by atoms with Crippen LogP contribution in [0.5, 0.6) is 0 Å². The number of carbonyl (C=O) groups excluding carboxylic acids is 1. The van der Waals surface area contributed by atoms with Gasteiger partial charge in [0.2, 0.25) is 5.91 Å². The molecule has 0 unspecified atom stereocenters. The Morgan fingerprint density at radius 3 is 2.94 bits per heavy atom. The molecule has 1 aliphatic carbocycles. The second-order valence-electron chi connectivity index (χ2n) is 4.66. The van der Waals surface area contributed by atoms with Crippen molar-refractivity contribution >= 4 is 17.2 Å². The Morgan fingerprint density at radius 2 is 2.24 bits per heavy atom. The largest absolute Gasteiger partial charge is 0.323 e. The maximum Gasteiger partial charge on any atom is 0.227 e. The Hall–Kier alpha value is -1.84. The molecule has 2 aromatic rings. The van der Waals surface area contributed by atoms with Crippen molar-refractivity contribution in [1.29, 1.82) is 0 Å². The molecule has 0 aliphatic heterocycles. The van der Waals surface area contributed by atoms with Crippen LogP contribution in [0.3, 0.4) is 0 Å². The van der Waals surface area contributed by atoms with Crippen molar-refractivity contribution < 1.29 is 4.79 Å². The molecule has 0 saturated heterocycles. The fourth-order valence-electron chi connectivity index (χ4n) is 1.98. The van der Waals surface area contributed by atoms with E-state index in [1.807, 2.05) is 36.6 Å². The number of fused-ring (bicyclic) bond motifs is 1. The molecule has 1 N–H and O–H groups in total. The number of hydrogen-bond donors (Lipinski definition) is 1. The minimum atomic E-state index is 0.122. The number of aromatic nitrogens is 2. The lowest BCUT2D eigenvalue weighted by Gasteiger charge is -2.05. The lowest BCUT2D eigenvalue weighted by molar-refractivity contribution is -0.117. The van der Waals surface area contributed by atoms with Crippen LogP contribution >= 0.6 is 0 Å². The molecule has 2 aromatic heterocycles. The summed E-state index contributed by atoms with van der Waals surface area (Å²) in [7, 11) is 0. The van der Waals surface area contributed by atoms with E-state index in [4.69, 9.17) is 0 Å². The van der Waals surface area contributed by atoms with Crippen LogP contribution in [0.4, 0.5) is 5.69 Å². The van der Waals surface area contributed by atoms with Crippen molar-refractivity contribution in [1.82, 2.24) is 9.38 Å². The maximum absolute atomic E-state index is 11.8. The molecule has 17 heavy (non-hydrogen) atoms. The normalized spacial score (nSPS) is 15.2. The zero-order valence-corrected chi connectivity index (χ0v) is 10.0. The number of aryl methyl sites for hydroxylation is 2. The number of nitrogens with zero attached hydrogens (tertiary/aromatic N) is 2. The number of carbonyl (C=O) groups is 1. The van der Waals surface area contributed by atoms with Crippen molar-refractivity contribution in [2.75, 3.05) is 5.32 Å². The van der Waals surface area contributed by atoms with Gasteiger partial charge < -0.3 is 9.72 Å². The van der Waals surface area contributed by atoms with E-state index in [2.05, 4.69) is 10.3 Å². The van der Waals surface area contributed by atoms with Crippen molar-refractivity contribution in [3.05, 3.63) is 29.7 Å². The van der Waals surface area contributed by atoms with E-state index in [1.165, 1.54) is 0 Å². The Bertz CT molecular complexity index is 596. The van der Waals surface area contributed by atoms with Crippen LogP contribution < -0.4 is 5.32 Å². The fourth-order valence-corrected chi connectivity index (χ4v) is 1.98. The summed E-state index contributed by atoms with van der Waals surface area (Å²) < 4.78 is 2.01. The molecular weight excluding hydrogens is 214 g/mol. The van der Waals surface area contributed by atoms with E-state index in [9.17, 15) is 4.79 Å². The lowest BCUT2D eigenvalue weighted by Crippen LogP contribution is -2.14. The third kappa shape index (κ3) is 1.69. The molecular formula is C13H15N3O. The van der Waals surface area contributed by atoms with Gasteiger partial charge in [-0.25, -0.2) is 4.98 Å². The third-order valence-corrected chi connectivity index (χ3v) is 3.33. The molecule has 4 nitrogen and oxygen atoms in total. The average Bonchev–Trinajstić information content (AvgIpc) is 3.10. The van der Waals surface area contributed by atoms with E-state index in [0.717, 1.165) is 35.6 Å². The Kier molecular flexibility index (Phi) is 2.18. The van der Waals surface area contributed by atoms with Crippen molar-refractivity contribution in [2.45, 2.75) is 26.7 Å². The minimum absolute atomic E-state index is 0.122. The van der Waals surface area contributed by atoms with Crippen LogP contribution in [0, 0.1) is 19.8 Å². The van der Waals surface area contributed by atoms with Crippen LogP contribution in [-0.4, -0.2) is 15.3 Å². The highest BCUT2D eigenvalue weighted by molar-refractivity contribution is 5.97. The summed E-state index contributed by atoms with van der Waals surface area (Å²) in [6.45, 7) is 4.01. The Labute approximate surface area is 99.7 Å². The molecule has 4 heteroatoms. The van der Waals surface area contributed by atoms with Gasteiger partial charge in [0.15, 0.2) is 5.65 Å². The van der Waals surface area contributed by atoms with Gasteiger partial charge in [0.05, 0.1) is 11.4 Å². The van der Waals surface area contributed by atoms with Crippen LogP contribution in [0.1, 0.15) is 24.2 Å². The van der Waals surface area contributed by atoms with E-state index in [1.54, 1.807) is 0 Å². The molecule has 0 aromatic carbocycles. The van der Waals surface area contributed by atoms with Gasteiger partial charge in [-0.05, 0) is 38.8 Å². The first-order valence-electron chi connectivity index (χ1n) is 5.92. The van der Waals surface area contributed by atoms with E-state index in [0.29, 0.717) is 0 Å². The smallest absolute Gasteiger partial charge is 0.227 e. The second-order valence-corrected chi connectivity index (χ2v) is 4.66. The first-order chi connectivity index (χ1) is 8.16. The lowest BCUT2D eigenvalue weighted by atomic mass is 10.3. The van der Waals surface area contributed by atoms with Crippen molar-refractivity contribution in [3.8, 4) is 0 Å². The first kappa shape index (κ1) is 10.3. The predicted molar refractivity (Wildman–Crippen MR) is 66.0 cm³/mol. The highest BCUT2D eigenvalue weighted by Crippen LogP contribution is 2.30. The van der Waals surface area contributed by atoms with Gasteiger partial charge in [0.25, 0.3) is 0 Å². The number of pyridine rings is 1. The summed E-state index contributed by atoms with van der Waals surface area (Å²) in [6, 6.07) is 3.84. The molecule has 0 bridgehead atoms. The van der Waals surface area contributed by atoms with Crippen LogP contribution in [0.15, 0.2) is 18.3 Å². The molecule has 0 atom stereocenters. The van der Waals surface area contributed by atoms with Gasteiger partial charge in [-0.3, -0.25) is 4.79 Å². The maximum atomic E-state index is 11.8. The average molecular weight is 229 g/mol. The molecule has 2 heterocycles. The molecule has 0 radical (unpaired) electrons. The Morgan fingerprint density at radius 1 is 1.47 bits per heavy atom. The fraction of sp³-hybridized carbons (Fsp3) is 0.385. The minimum Gasteiger partial charge on any atom is -0.323 e. The molecule has 1 amide bonds. The number of amides is 1. The third-order valence-electron chi connectivity index (χ3n) is 3.33. The SMILES string of the molecule is Cc1nc2c(NC(=O)C3CC3)cccn2c1C. The van der Waals surface area contributed by atoms with Gasteiger partial charge >= 0.3 is 0 Å². The molecule has 1 aliphatic rings. The number of rotatable bonds is 2. The summed E-state index contributed by atoms with van der Waals surface area (Å²) in [5.74, 6) is 0.337. The number of anilines is 1. The van der Waals surface area contributed by atoms with Gasteiger partial charge in [-0.2, -0.15) is 0 Å². The quantitative estimate of drug-likeness (QED) is 0.858. The summed E-state index contributed by atoms with van der Waals surface area (Å²) in [6.07, 6.45) is 4.00. The van der Waals surface area contributed by atoms with Crippen LogP contribution in [-0.2, 0) is 4.79 Å². The standard InChI is InChI=1S/C13H15N3O/c1-8-9(2)16-7-3-4-11(12(16)14-8)15-13(17)10-5-6-10/h3-4,7,10H,5-6H2,1-2H3,(H,15,17). The molecule has 1 saturated carbocycles. The summed E-state index contributed by atoms with van der Waals surface area (Å²) >= 11 is 0. The molecule has 0 spiro atoms. The van der Waals surface area contributed by atoms with E-state index < -0.39 is 0 Å². The van der Waals surface area contributed by atoms with E-state index in [-0.39, 0.29) is 11.8 Å². The number of hydrogen-bond acceptors (Lipinski definition) is 2. The van der Waals surface area contributed by atoms with Crippen LogP contribution in [0.25, 0.3) is 5.65 Å². The van der Waals surface area contributed by atoms with Gasteiger partial charge in [-0.15, -0.1) is 0 Å². The second kappa shape index (κ2) is 3.58. The highest BCUT2D eigenvalue weighted by Gasteiger charge is 2.30. The van der Waals surface area contributed by atoms with E-state index >= 15 is 0 Å². The van der Waals surface area contributed by atoms with Gasteiger partial charge in [0.1, 0.15) is 0 Å². The summed E-state index contributed by atoms with van der Waals surface area (Å²) in [5.41, 5.74) is 3.75. The zero-order chi connectivity index (χ0) is 12.0. The summed E-state index contributed by atoms with van der Waals surface area (Å²) in [5, 5.41) is 2.97. The summed E-state index contributed by atoms with van der Waals surface area (Å²) in [4.78, 5) is 16.3. The zero-order valence-electron chi connectivity index (χ0n) is 10.0. The molecule has 1 fully saturated rings. The van der Waals surface area contributed by atoms with Crippen molar-refractivity contribution in [3.63, 3.8) is 0 Å². The monoisotopic (exact) mass is 229 g/mol. The number of nitrogens with one attached hydrogen (secondary N) is 1. The molecule has 3 rings (SSSR count). The van der Waals surface area contributed by atoms with Crippen LogP contribution in [0.2, 0.25) is 0 Å². The Balaban J connectivity index is 2.03. The van der Waals surface area contributed by atoms with Gasteiger partial charge in [0, 0.05) is 17.8 Å². The molecule has 88 valence electrons. The number of imidazole rings is 1.